The topological polar surface area (TPSA) is 83.6 Å². The maximum atomic E-state index is 11.7. The van der Waals surface area contributed by atoms with Gasteiger partial charge in [0, 0.05) is 25.0 Å². The van der Waals surface area contributed by atoms with Gasteiger partial charge in [0.25, 0.3) is 0 Å². The molecule has 1 atom stereocenters. The fraction of sp³-hybridized carbons (Fsp3) is 0.818. The van der Waals surface area contributed by atoms with Crippen LogP contribution in [0.15, 0.2) is 0 Å². The molecular weight excluding hydrogens is 208 g/mol. The highest BCUT2D eigenvalue weighted by molar-refractivity contribution is 5.86. The summed E-state index contributed by atoms with van der Waals surface area (Å²) in [7, 11) is 0. The number of hydrogen-bond donors (Lipinski definition) is 2. The molecule has 2 rings (SSSR count). The second-order valence-corrected chi connectivity index (χ2v) is 4.85. The molecule has 0 aromatic carbocycles. The Morgan fingerprint density at radius 2 is 1.94 bits per heavy atom. The fourth-order valence-corrected chi connectivity index (χ4v) is 2.66. The molecule has 3 N–H and O–H groups in total. The highest BCUT2D eigenvalue weighted by Crippen LogP contribution is 2.28. The summed E-state index contributed by atoms with van der Waals surface area (Å²) in [6.07, 6.45) is 3.87. The molecule has 2 fully saturated rings. The molecule has 5 nitrogen and oxygen atoms in total. The number of likely N-dealkylation sites (tertiary alicyclic amines) is 1. The Bertz CT molecular complexity index is 298. The average molecular weight is 226 g/mol. The number of amides is 1. The second-order valence-electron chi connectivity index (χ2n) is 4.85. The molecule has 1 heterocycles. The van der Waals surface area contributed by atoms with Gasteiger partial charge in [0.05, 0.1) is 5.92 Å². The highest BCUT2D eigenvalue weighted by Gasteiger charge is 2.38. The van der Waals surface area contributed by atoms with Crippen LogP contribution in [0, 0.1) is 5.92 Å². The zero-order chi connectivity index (χ0) is 11.7. The van der Waals surface area contributed by atoms with E-state index in [9.17, 15) is 9.59 Å². The minimum Gasteiger partial charge on any atom is -0.481 e. The predicted molar refractivity (Wildman–Crippen MR) is 57.7 cm³/mol. The third kappa shape index (κ3) is 2.19. The Balaban J connectivity index is 1.95. The van der Waals surface area contributed by atoms with Crippen LogP contribution in [0.25, 0.3) is 0 Å². The number of aliphatic carboxylic acids is 1. The minimum absolute atomic E-state index is 0.00660. The summed E-state index contributed by atoms with van der Waals surface area (Å²) in [5.41, 5.74) is 5.81. The van der Waals surface area contributed by atoms with Gasteiger partial charge in [0.1, 0.15) is 0 Å². The van der Waals surface area contributed by atoms with Gasteiger partial charge in [0.2, 0.25) is 5.91 Å². The van der Waals surface area contributed by atoms with Gasteiger partial charge in [-0.05, 0) is 25.7 Å². The molecular formula is C11H18N2O3. The zero-order valence-electron chi connectivity index (χ0n) is 9.26. The molecule has 16 heavy (non-hydrogen) atoms. The number of carboxylic acid groups (broad SMARTS) is 1. The van der Waals surface area contributed by atoms with Crippen LogP contribution in [0.5, 0.6) is 0 Å². The van der Waals surface area contributed by atoms with Crippen molar-refractivity contribution in [3.63, 3.8) is 0 Å². The second kappa shape index (κ2) is 4.41. The van der Waals surface area contributed by atoms with Gasteiger partial charge in [-0.1, -0.05) is 0 Å². The first-order chi connectivity index (χ1) is 7.58. The molecule has 1 saturated heterocycles. The monoisotopic (exact) mass is 226 g/mol. The zero-order valence-corrected chi connectivity index (χ0v) is 9.26. The van der Waals surface area contributed by atoms with E-state index in [1.54, 1.807) is 4.90 Å². The average Bonchev–Trinajstić information content (AvgIpc) is 2.62. The first kappa shape index (κ1) is 11.4. The highest BCUT2D eigenvalue weighted by atomic mass is 16.4. The summed E-state index contributed by atoms with van der Waals surface area (Å²) in [5.74, 6) is -1.38. The molecule has 0 radical (unpaired) electrons. The van der Waals surface area contributed by atoms with E-state index in [1.165, 1.54) is 0 Å². The van der Waals surface area contributed by atoms with Crippen molar-refractivity contribution < 1.29 is 14.7 Å². The smallest absolute Gasteiger partial charge is 0.308 e. The first-order valence-electron chi connectivity index (χ1n) is 5.85. The van der Waals surface area contributed by atoms with Crippen LogP contribution in [0.1, 0.15) is 32.1 Å². The molecule has 1 amide bonds. The van der Waals surface area contributed by atoms with Crippen LogP contribution in [-0.4, -0.2) is 40.5 Å². The minimum atomic E-state index is -0.858. The van der Waals surface area contributed by atoms with Crippen LogP contribution < -0.4 is 5.73 Å². The molecule has 90 valence electrons. The largest absolute Gasteiger partial charge is 0.481 e. The number of carbonyl (C=O) groups excluding carboxylic acids is 1. The SMILES string of the molecule is NC1CCC(N2CC(C(=O)O)CC2=O)CC1. The van der Waals surface area contributed by atoms with Crippen molar-refractivity contribution in [3.05, 3.63) is 0 Å². The van der Waals surface area contributed by atoms with E-state index in [0.29, 0.717) is 6.54 Å². The van der Waals surface area contributed by atoms with Gasteiger partial charge in [-0.3, -0.25) is 9.59 Å². The lowest BCUT2D eigenvalue weighted by atomic mass is 9.91. The molecule has 5 heteroatoms. The lowest BCUT2D eigenvalue weighted by Crippen LogP contribution is -2.41. The van der Waals surface area contributed by atoms with Gasteiger partial charge < -0.3 is 15.7 Å². The van der Waals surface area contributed by atoms with Crippen molar-refractivity contribution in [1.82, 2.24) is 4.90 Å². The summed E-state index contributed by atoms with van der Waals surface area (Å²) in [5, 5.41) is 8.89. The molecule has 1 unspecified atom stereocenters. The molecule has 1 aliphatic heterocycles. The molecule has 0 aromatic heterocycles. The summed E-state index contributed by atoms with van der Waals surface area (Å²) in [6.45, 7) is 0.383. The van der Waals surface area contributed by atoms with Gasteiger partial charge >= 0.3 is 5.97 Å². The number of carbonyl (C=O) groups is 2. The predicted octanol–water partition coefficient (Wildman–Crippen LogP) is 0.189. The number of nitrogens with two attached hydrogens (primary N) is 1. The molecule has 0 bridgehead atoms. The Kier molecular flexibility index (Phi) is 3.14. The molecule has 1 saturated carbocycles. The molecule has 2 aliphatic rings. The Hall–Kier alpha value is -1.10. The standard InChI is InChI=1S/C11H18N2O3/c12-8-1-3-9(4-2-8)13-6-7(11(15)16)5-10(13)14/h7-9H,1-6,12H2,(H,15,16). The van der Waals surface area contributed by atoms with Crippen LogP contribution >= 0.6 is 0 Å². The van der Waals surface area contributed by atoms with Gasteiger partial charge in [-0.25, -0.2) is 0 Å². The lowest BCUT2D eigenvalue weighted by molar-refractivity contribution is -0.141. The molecule has 0 spiro atoms. The fourth-order valence-electron chi connectivity index (χ4n) is 2.66. The third-order valence-electron chi connectivity index (χ3n) is 3.69. The van der Waals surface area contributed by atoms with Crippen molar-refractivity contribution in [2.75, 3.05) is 6.54 Å². The van der Waals surface area contributed by atoms with Crippen LogP contribution in [-0.2, 0) is 9.59 Å². The normalized spacial score (nSPS) is 35.4. The van der Waals surface area contributed by atoms with E-state index in [-0.39, 0.29) is 24.4 Å². The number of nitrogens with zero attached hydrogens (tertiary/aromatic N) is 1. The van der Waals surface area contributed by atoms with E-state index >= 15 is 0 Å². The van der Waals surface area contributed by atoms with Crippen LogP contribution in [0.3, 0.4) is 0 Å². The van der Waals surface area contributed by atoms with Crippen molar-refractivity contribution in [3.8, 4) is 0 Å². The number of carboxylic acids is 1. The first-order valence-corrected chi connectivity index (χ1v) is 5.85. The van der Waals surface area contributed by atoms with E-state index < -0.39 is 11.9 Å². The summed E-state index contributed by atoms with van der Waals surface area (Å²) in [4.78, 5) is 24.3. The lowest BCUT2D eigenvalue weighted by Gasteiger charge is -2.33. The van der Waals surface area contributed by atoms with E-state index in [0.717, 1.165) is 25.7 Å². The molecule has 1 aliphatic carbocycles. The number of rotatable bonds is 2. The Morgan fingerprint density at radius 1 is 1.31 bits per heavy atom. The summed E-state index contributed by atoms with van der Waals surface area (Å²) in [6, 6.07) is 0.473. The van der Waals surface area contributed by atoms with Gasteiger partial charge in [-0.15, -0.1) is 0 Å². The Labute approximate surface area is 94.6 Å². The quantitative estimate of drug-likeness (QED) is 0.704. The maximum Gasteiger partial charge on any atom is 0.308 e. The Morgan fingerprint density at radius 3 is 2.44 bits per heavy atom. The van der Waals surface area contributed by atoms with Crippen molar-refractivity contribution in [2.45, 2.75) is 44.2 Å². The van der Waals surface area contributed by atoms with Crippen molar-refractivity contribution >= 4 is 11.9 Å². The van der Waals surface area contributed by atoms with Crippen molar-refractivity contribution in [1.29, 1.82) is 0 Å². The maximum absolute atomic E-state index is 11.7. The van der Waals surface area contributed by atoms with Crippen molar-refractivity contribution in [2.24, 2.45) is 11.7 Å². The van der Waals surface area contributed by atoms with Crippen LogP contribution in [0.4, 0.5) is 0 Å². The van der Waals surface area contributed by atoms with E-state index in [4.69, 9.17) is 10.8 Å². The van der Waals surface area contributed by atoms with E-state index in [2.05, 4.69) is 0 Å². The van der Waals surface area contributed by atoms with E-state index in [1.807, 2.05) is 0 Å². The summed E-state index contributed by atoms with van der Waals surface area (Å²) >= 11 is 0. The van der Waals surface area contributed by atoms with Gasteiger partial charge in [0.15, 0.2) is 0 Å². The van der Waals surface area contributed by atoms with Gasteiger partial charge in [-0.2, -0.15) is 0 Å². The summed E-state index contributed by atoms with van der Waals surface area (Å²) < 4.78 is 0. The molecule has 0 aromatic rings. The number of hydrogen-bond acceptors (Lipinski definition) is 3. The third-order valence-corrected chi connectivity index (χ3v) is 3.69. The van der Waals surface area contributed by atoms with Crippen LogP contribution in [0.2, 0.25) is 0 Å².